The summed E-state index contributed by atoms with van der Waals surface area (Å²) < 4.78 is 6.13. The van der Waals surface area contributed by atoms with E-state index < -0.39 is 0 Å². The molecule has 1 heterocycles. The second kappa shape index (κ2) is 16.8. The highest BCUT2D eigenvalue weighted by atomic mass is 16.3. The second-order valence-corrected chi connectivity index (χ2v) is 16.8. The van der Waals surface area contributed by atoms with Crippen LogP contribution in [0.5, 0.6) is 0 Å². The van der Waals surface area contributed by atoms with Crippen LogP contribution < -0.4 is 142 Å². The van der Waals surface area contributed by atoms with Crippen molar-refractivity contribution in [2.45, 2.75) is 0 Å². The van der Waals surface area contributed by atoms with Crippen molar-refractivity contribution in [1.82, 2.24) is 0 Å². The van der Waals surface area contributed by atoms with Gasteiger partial charge in [-0.15, -0.1) is 60.1 Å². The highest BCUT2D eigenvalue weighted by Gasteiger charge is 2.31. The van der Waals surface area contributed by atoms with Crippen molar-refractivity contribution >= 4 is 400 Å². The van der Waals surface area contributed by atoms with E-state index in [1.807, 2.05) is 0 Å². The summed E-state index contributed by atoms with van der Waals surface area (Å²) in [7, 11) is 176. The van der Waals surface area contributed by atoms with Crippen LogP contribution in [0, 0.1) is 0 Å². The maximum Gasteiger partial charge on any atom is 0.127 e. The van der Waals surface area contributed by atoms with Crippen molar-refractivity contribution in [1.29, 1.82) is 0 Å². The average Bonchev–Trinajstić information content (AvgIpc) is 3.74. The third-order valence-corrected chi connectivity index (χ3v) is 13.4. The summed E-state index contributed by atoms with van der Waals surface area (Å²) in [5.41, 5.74) is -4.34. The summed E-state index contributed by atoms with van der Waals surface area (Å²) in [4.78, 5) is 0. The standard InChI is InChI=1S/C42B26O/c43-15-12(26(54)39(67)41-13(15)14-27(55)36(64)38(66)40(68)42(14)69-41)10-9-8(22(50)32(60)33(61)23(9)51)5(16(44)17(10)45)1-3-6(20(48)30(58)28(56)18(3)46)2(7-4(1)19(47)29(57)31(59)21(7)49)11-24(52)34(62)37(65)35(63)25(11)53. The summed E-state index contributed by atoms with van der Waals surface area (Å²) in [5, 5.41) is 0.185. The lowest BCUT2D eigenvalue weighted by atomic mass is 9.55. The van der Waals surface area contributed by atoms with Gasteiger partial charge in [0, 0.05) is 10.8 Å². The molecule has 8 aromatic carbocycles. The lowest BCUT2D eigenvalue weighted by molar-refractivity contribution is 0.675. The van der Waals surface area contributed by atoms with Gasteiger partial charge in [-0.3, -0.25) is 0 Å². The molecule has 1 aromatic heterocycles. The second-order valence-electron chi connectivity index (χ2n) is 16.8. The normalized spacial score (nSPS) is 11.8. The Labute approximate surface area is 435 Å². The van der Waals surface area contributed by atoms with Gasteiger partial charge >= 0.3 is 0 Å². The fraction of sp³-hybridized carbons (Fsp3) is 0. The Kier molecular flexibility index (Phi) is 12.2. The van der Waals surface area contributed by atoms with Gasteiger partial charge in [-0.1, -0.05) is 81.9 Å². The van der Waals surface area contributed by atoms with E-state index in [2.05, 4.69) is 0 Å². The van der Waals surface area contributed by atoms with E-state index in [0.717, 1.165) is 0 Å². The molecule has 27 heteroatoms. The Hall–Kier alpha value is -3.97. The SMILES string of the molecule is [B]c1c([B])c([B])c(-c2c3c([B])c([B])c([B])c([B])c3c(-c3c([B])c([B])c(-c4c([B])c([B])c5oc6c([B])c([B])c([B])c([B])c6c5c4[B])c4c([B])c([B])c([B])c([B])c34)c3c([B])c([B])c([B])c([B])c23)c([B])c1[B]. The first kappa shape index (κ1) is 50.0. The van der Waals surface area contributed by atoms with Crippen LogP contribution in [0.15, 0.2) is 4.42 Å². The van der Waals surface area contributed by atoms with Crippen LogP contribution in [0.25, 0.3) is 87.6 Å². The van der Waals surface area contributed by atoms with E-state index in [0.29, 0.717) is 0 Å². The zero-order valence-corrected chi connectivity index (χ0v) is 36.4. The van der Waals surface area contributed by atoms with Gasteiger partial charge in [0.1, 0.15) is 215 Å². The van der Waals surface area contributed by atoms with Crippen molar-refractivity contribution in [3.63, 3.8) is 0 Å². The molecule has 252 valence electrons. The van der Waals surface area contributed by atoms with Crippen molar-refractivity contribution in [3.8, 4) is 33.4 Å². The van der Waals surface area contributed by atoms with Gasteiger partial charge < -0.3 is 4.42 Å². The molecule has 0 saturated heterocycles. The van der Waals surface area contributed by atoms with E-state index in [9.17, 15) is 0 Å². The smallest absolute Gasteiger partial charge is 0.127 e. The summed E-state index contributed by atoms with van der Waals surface area (Å²) >= 11 is 0. The first-order valence-electron chi connectivity index (χ1n) is 20.2. The summed E-state index contributed by atoms with van der Waals surface area (Å²) in [6.45, 7) is 0. The molecule has 0 amide bonds. The lowest BCUT2D eigenvalue weighted by Crippen LogP contribution is -2.55. The van der Waals surface area contributed by atoms with Crippen LogP contribution in [-0.2, 0) is 0 Å². The lowest BCUT2D eigenvalue weighted by Gasteiger charge is -2.33. The number of hydrogen-bond acceptors (Lipinski definition) is 1. The number of furan rings is 1. The minimum Gasteiger partial charge on any atom is -0.457 e. The van der Waals surface area contributed by atoms with Crippen molar-refractivity contribution in [2.24, 2.45) is 0 Å². The molecule has 0 spiro atoms. The van der Waals surface area contributed by atoms with Gasteiger partial charge in [-0.25, -0.2) is 0 Å². The van der Waals surface area contributed by atoms with Gasteiger partial charge in [0.15, 0.2) is 0 Å². The number of benzene rings is 8. The molecule has 0 unspecified atom stereocenters. The largest absolute Gasteiger partial charge is 0.457 e. The van der Waals surface area contributed by atoms with Crippen LogP contribution in [0.1, 0.15) is 0 Å². The fourth-order valence-electron chi connectivity index (χ4n) is 9.64. The van der Waals surface area contributed by atoms with Gasteiger partial charge in [0.25, 0.3) is 0 Å². The topological polar surface area (TPSA) is 13.1 Å². The molecule has 52 radical (unpaired) electrons. The van der Waals surface area contributed by atoms with Crippen LogP contribution in [0.4, 0.5) is 0 Å². The van der Waals surface area contributed by atoms with Crippen molar-refractivity contribution in [2.75, 3.05) is 0 Å². The maximum atomic E-state index is 7.34. The molecule has 0 aliphatic carbocycles. The molecule has 0 bridgehead atoms. The van der Waals surface area contributed by atoms with Gasteiger partial charge in [-0.2, -0.15) is 0 Å². The predicted octanol–water partition coefficient (Wildman–Crippen LogP) is -19.3. The zero-order chi connectivity index (χ0) is 51.0. The fourth-order valence-corrected chi connectivity index (χ4v) is 9.64. The monoisotopic (exact) mass is 806 g/mol. The van der Waals surface area contributed by atoms with Crippen LogP contribution >= 0.6 is 0 Å². The van der Waals surface area contributed by atoms with Gasteiger partial charge in [-0.05, 0) is 65.7 Å². The molecule has 9 aromatic rings. The molecule has 9 rings (SSSR count). The molecule has 0 aliphatic rings. The van der Waals surface area contributed by atoms with Crippen LogP contribution in [-0.4, -0.2) is 204 Å². The van der Waals surface area contributed by atoms with E-state index in [1.54, 1.807) is 0 Å². The molecule has 0 saturated carbocycles. The van der Waals surface area contributed by atoms with E-state index in [4.69, 9.17) is 208 Å². The zero-order valence-electron chi connectivity index (χ0n) is 36.4. The van der Waals surface area contributed by atoms with E-state index in [-0.39, 0.29) is 230 Å². The predicted molar refractivity (Wildman–Crippen MR) is 323 cm³/mol. The number of rotatable bonds is 3. The van der Waals surface area contributed by atoms with Crippen molar-refractivity contribution in [3.05, 3.63) is 0 Å². The Bertz CT molecular complexity index is 3860. The summed E-state index contributed by atoms with van der Waals surface area (Å²) in [6.07, 6.45) is 0. The highest BCUT2D eigenvalue weighted by Crippen LogP contribution is 2.41. The average molecular weight is 802 g/mol. The first-order chi connectivity index (χ1) is 32.2. The Morgan fingerprint density at radius 2 is 0.304 bits per heavy atom. The summed E-state index contributed by atoms with van der Waals surface area (Å²) in [5.74, 6) is 0. The molecular weight excluding hydrogens is 802 g/mol. The molecule has 1 nitrogen and oxygen atoms in total. The molecule has 0 N–H and O–H groups in total. The minimum atomic E-state index is -0.264. The maximum absolute atomic E-state index is 7.34. The third-order valence-electron chi connectivity index (χ3n) is 13.4. The Morgan fingerprint density at radius 1 is 0.130 bits per heavy atom. The van der Waals surface area contributed by atoms with Gasteiger partial charge in [0.05, 0.1) is 0 Å². The molecular formula is C42B26O. The molecule has 0 fully saturated rings. The number of fused-ring (bicyclic) bond motifs is 6. The molecule has 69 heavy (non-hydrogen) atoms. The number of hydrogen-bond donors (Lipinski definition) is 0. The van der Waals surface area contributed by atoms with Crippen LogP contribution in [0.3, 0.4) is 0 Å². The quantitative estimate of drug-likeness (QED) is 0.128. The van der Waals surface area contributed by atoms with Crippen molar-refractivity contribution < 1.29 is 4.42 Å². The van der Waals surface area contributed by atoms with E-state index >= 15 is 0 Å². The van der Waals surface area contributed by atoms with E-state index in [1.165, 1.54) is 0 Å². The van der Waals surface area contributed by atoms with Gasteiger partial charge in [0.2, 0.25) is 0 Å². The molecule has 0 aliphatic heterocycles. The summed E-state index contributed by atoms with van der Waals surface area (Å²) in [6, 6.07) is 0. The molecule has 0 atom stereocenters. The Morgan fingerprint density at radius 3 is 0.652 bits per heavy atom. The van der Waals surface area contributed by atoms with Crippen LogP contribution in [0.2, 0.25) is 0 Å². The third kappa shape index (κ3) is 6.41. The first-order valence-corrected chi connectivity index (χ1v) is 20.2. The highest BCUT2D eigenvalue weighted by molar-refractivity contribution is 6.77. The Balaban J connectivity index is 1.63. The minimum absolute atomic E-state index is 0.000535.